The van der Waals surface area contributed by atoms with Crippen LogP contribution in [-0.2, 0) is 6.54 Å². The van der Waals surface area contributed by atoms with Crippen molar-refractivity contribution in [2.45, 2.75) is 32.4 Å². The lowest BCUT2D eigenvalue weighted by atomic mass is 10.4. The van der Waals surface area contributed by atoms with Crippen molar-refractivity contribution >= 4 is 11.3 Å². The Kier molecular flexibility index (Phi) is 2.53. The zero-order chi connectivity index (χ0) is 11.0. The summed E-state index contributed by atoms with van der Waals surface area (Å²) in [7, 11) is 0. The maximum absolute atomic E-state index is 5.55. The van der Waals surface area contributed by atoms with Gasteiger partial charge >= 0.3 is 0 Å². The molecule has 1 fully saturated rings. The van der Waals surface area contributed by atoms with Crippen LogP contribution in [0.5, 0.6) is 0 Å². The molecule has 2 aromatic rings. The maximum atomic E-state index is 5.55. The molecule has 16 heavy (non-hydrogen) atoms. The first-order valence-electron chi connectivity index (χ1n) is 5.56. The quantitative estimate of drug-likeness (QED) is 0.883. The first-order valence-corrected chi connectivity index (χ1v) is 6.38. The van der Waals surface area contributed by atoms with Gasteiger partial charge in [0.1, 0.15) is 5.76 Å². The molecule has 2 aromatic heterocycles. The second kappa shape index (κ2) is 4.03. The average Bonchev–Trinajstić information content (AvgIpc) is 2.81. The number of aryl methyl sites for hydroxylation is 1. The summed E-state index contributed by atoms with van der Waals surface area (Å²) >= 11 is 1.70. The molecule has 0 amide bonds. The predicted molar refractivity (Wildman–Crippen MR) is 64.4 cm³/mol. The largest absolute Gasteiger partial charge is 0.459 e. The standard InChI is InChI=1S/C12H14N2OS/c1-8-2-5-11(15-8)12-14-7-10(16-12)6-13-9-3-4-9/h2,5,7,9,13H,3-4,6H2,1H3. The molecule has 1 aliphatic rings. The molecule has 0 saturated heterocycles. The second-order valence-electron chi connectivity index (χ2n) is 4.20. The van der Waals surface area contributed by atoms with E-state index in [1.807, 2.05) is 25.3 Å². The van der Waals surface area contributed by atoms with E-state index >= 15 is 0 Å². The first-order chi connectivity index (χ1) is 7.81. The number of hydrogen-bond acceptors (Lipinski definition) is 4. The molecule has 3 nitrogen and oxygen atoms in total. The van der Waals surface area contributed by atoms with Gasteiger partial charge in [-0.3, -0.25) is 0 Å². The van der Waals surface area contributed by atoms with E-state index in [1.54, 1.807) is 11.3 Å². The van der Waals surface area contributed by atoms with Crippen LogP contribution in [-0.4, -0.2) is 11.0 Å². The van der Waals surface area contributed by atoms with Crippen LogP contribution in [0.3, 0.4) is 0 Å². The highest BCUT2D eigenvalue weighted by Gasteiger charge is 2.20. The van der Waals surface area contributed by atoms with Gasteiger partial charge in [0, 0.05) is 23.7 Å². The summed E-state index contributed by atoms with van der Waals surface area (Å²) in [5.74, 6) is 1.81. The third-order valence-electron chi connectivity index (χ3n) is 2.65. The molecule has 0 unspecified atom stereocenters. The van der Waals surface area contributed by atoms with E-state index in [-0.39, 0.29) is 0 Å². The molecule has 1 N–H and O–H groups in total. The van der Waals surface area contributed by atoms with Crippen LogP contribution in [0.2, 0.25) is 0 Å². The molecule has 1 saturated carbocycles. The highest BCUT2D eigenvalue weighted by Crippen LogP contribution is 2.27. The minimum Gasteiger partial charge on any atom is -0.459 e. The van der Waals surface area contributed by atoms with E-state index in [9.17, 15) is 0 Å². The van der Waals surface area contributed by atoms with Crippen LogP contribution in [0.15, 0.2) is 22.7 Å². The zero-order valence-corrected chi connectivity index (χ0v) is 10.0. The molecule has 0 spiro atoms. The summed E-state index contributed by atoms with van der Waals surface area (Å²) in [5, 5.41) is 4.46. The summed E-state index contributed by atoms with van der Waals surface area (Å²) in [4.78, 5) is 5.66. The van der Waals surface area contributed by atoms with Crippen LogP contribution in [0.1, 0.15) is 23.5 Å². The van der Waals surface area contributed by atoms with Gasteiger partial charge in [-0.15, -0.1) is 11.3 Å². The van der Waals surface area contributed by atoms with Crippen molar-refractivity contribution in [3.63, 3.8) is 0 Å². The minimum atomic E-state index is 0.747. The Labute approximate surface area is 98.5 Å². The fraction of sp³-hybridized carbons (Fsp3) is 0.417. The number of thiazole rings is 1. The number of furan rings is 1. The molecular formula is C12H14N2OS. The van der Waals surface area contributed by atoms with Crippen molar-refractivity contribution in [1.29, 1.82) is 0 Å². The number of rotatable bonds is 4. The third-order valence-corrected chi connectivity index (χ3v) is 3.66. The first kappa shape index (κ1) is 10.1. The summed E-state index contributed by atoms with van der Waals surface area (Å²) in [5.41, 5.74) is 0. The molecule has 0 atom stereocenters. The topological polar surface area (TPSA) is 38.1 Å². The van der Waals surface area contributed by atoms with Gasteiger partial charge in [0.2, 0.25) is 0 Å². The predicted octanol–water partition coefficient (Wildman–Crippen LogP) is 2.96. The van der Waals surface area contributed by atoms with Crippen LogP contribution in [0, 0.1) is 6.92 Å². The molecule has 1 aliphatic carbocycles. The average molecular weight is 234 g/mol. The van der Waals surface area contributed by atoms with Crippen molar-refractivity contribution in [3.8, 4) is 10.8 Å². The minimum absolute atomic E-state index is 0.747. The Morgan fingerprint density at radius 3 is 3.06 bits per heavy atom. The van der Waals surface area contributed by atoms with Crippen molar-refractivity contribution in [3.05, 3.63) is 29.0 Å². The van der Waals surface area contributed by atoms with E-state index in [2.05, 4.69) is 10.3 Å². The lowest BCUT2D eigenvalue weighted by Crippen LogP contribution is -2.14. The lowest BCUT2D eigenvalue weighted by Gasteiger charge is -1.96. The number of nitrogens with zero attached hydrogens (tertiary/aromatic N) is 1. The molecule has 4 heteroatoms. The fourth-order valence-corrected chi connectivity index (χ4v) is 2.41. The second-order valence-corrected chi connectivity index (χ2v) is 5.31. The van der Waals surface area contributed by atoms with Crippen molar-refractivity contribution in [1.82, 2.24) is 10.3 Å². The lowest BCUT2D eigenvalue weighted by molar-refractivity contribution is 0.548. The molecule has 3 rings (SSSR count). The Bertz CT molecular complexity index is 485. The van der Waals surface area contributed by atoms with Crippen molar-refractivity contribution in [2.24, 2.45) is 0 Å². The smallest absolute Gasteiger partial charge is 0.162 e. The highest BCUT2D eigenvalue weighted by molar-refractivity contribution is 7.14. The van der Waals surface area contributed by atoms with E-state index in [1.165, 1.54) is 17.7 Å². The number of nitrogens with one attached hydrogen (secondary N) is 1. The van der Waals surface area contributed by atoms with Gasteiger partial charge in [-0.1, -0.05) is 0 Å². The van der Waals surface area contributed by atoms with Gasteiger partial charge < -0.3 is 9.73 Å². The third kappa shape index (κ3) is 2.18. The van der Waals surface area contributed by atoms with Crippen LogP contribution < -0.4 is 5.32 Å². The van der Waals surface area contributed by atoms with E-state index < -0.39 is 0 Å². The molecule has 0 aliphatic heterocycles. The van der Waals surface area contributed by atoms with Crippen LogP contribution >= 0.6 is 11.3 Å². The van der Waals surface area contributed by atoms with Gasteiger partial charge in [0.05, 0.1) is 0 Å². The summed E-state index contributed by atoms with van der Waals surface area (Å²) in [6.45, 7) is 2.88. The summed E-state index contributed by atoms with van der Waals surface area (Å²) < 4.78 is 5.55. The monoisotopic (exact) mass is 234 g/mol. The summed E-state index contributed by atoms with van der Waals surface area (Å²) in [6, 6.07) is 4.70. The van der Waals surface area contributed by atoms with Gasteiger partial charge in [0.25, 0.3) is 0 Å². The van der Waals surface area contributed by atoms with Crippen LogP contribution in [0.4, 0.5) is 0 Å². The molecule has 0 bridgehead atoms. The Hall–Kier alpha value is -1.13. The van der Waals surface area contributed by atoms with Gasteiger partial charge in [-0.05, 0) is 31.9 Å². The maximum Gasteiger partial charge on any atom is 0.162 e. The SMILES string of the molecule is Cc1ccc(-c2ncc(CNC3CC3)s2)o1. The Balaban J connectivity index is 1.71. The zero-order valence-electron chi connectivity index (χ0n) is 9.19. The van der Waals surface area contributed by atoms with Gasteiger partial charge in [-0.25, -0.2) is 4.98 Å². The highest BCUT2D eigenvalue weighted by atomic mass is 32.1. The van der Waals surface area contributed by atoms with E-state index in [4.69, 9.17) is 4.42 Å². The Morgan fingerprint density at radius 1 is 1.50 bits per heavy atom. The molecule has 0 radical (unpaired) electrons. The normalized spacial score (nSPS) is 15.6. The van der Waals surface area contributed by atoms with E-state index in [0.717, 1.165) is 29.1 Å². The molecule has 0 aromatic carbocycles. The van der Waals surface area contributed by atoms with Crippen molar-refractivity contribution in [2.75, 3.05) is 0 Å². The molecular weight excluding hydrogens is 220 g/mol. The fourth-order valence-electron chi connectivity index (χ4n) is 1.58. The Morgan fingerprint density at radius 2 is 2.38 bits per heavy atom. The van der Waals surface area contributed by atoms with Gasteiger partial charge in [-0.2, -0.15) is 0 Å². The molecule has 2 heterocycles. The van der Waals surface area contributed by atoms with E-state index in [0.29, 0.717) is 0 Å². The van der Waals surface area contributed by atoms with Crippen molar-refractivity contribution < 1.29 is 4.42 Å². The van der Waals surface area contributed by atoms with Crippen LogP contribution in [0.25, 0.3) is 10.8 Å². The summed E-state index contributed by atoms with van der Waals surface area (Å²) in [6.07, 6.45) is 4.58. The number of hydrogen-bond donors (Lipinski definition) is 1. The number of aromatic nitrogens is 1. The molecule has 84 valence electrons. The van der Waals surface area contributed by atoms with Gasteiger partial charge in [0.15, 0.2) is 10.8 Å².